The molecule has 1 rings (SSSR count). The number of hydrogen-bond acceptors (Lipinski definition) is 7. The Kier molecular flexibility index (Phi) is 7.46. The van der Waals surface area contributed by atoms with Crippen LogP contribution in [0.5, 0.6) is 5.75 Å². The van der Waals surface area contributed by atoms with Crippen LogP contribution in [0.25, 0.3) is 0 Å². The topological polar surface area (TPSA) is 186 Å². The molecule has 12 nitrogen and oxygen atoms in total. The Morgan fingerprint density at radius 2 is 1.67 bits per heavy atom. The number of rotatable bonds is 10. The van der Waals surface area contributed by atoms with Gasteiger partial charge in [-0.15, -0.1) is 0 Å². The molecule has 1 unspecified atom stereocenters. The summed E-state index contributed by atoms with van der Waals surface area (Å²) < 4.78 is 35.2. The molecule has 1 aromatic rings. The van der Waals surface area contributed by atoms with Crippen LogP contribution in [0.4, 0.5) is 5.69 Å². The van der Waals surface area contributed by atoms with Crippen LogP contribution in [0.2, 0.25) is 0 Å². The summed E-state index contributed by atoms with van der Waals surface area (Å²) in [6.07, 6.45) is -1.50. The van der Waals surface area contributed by atoms with Crippen LogP contribution in [0, 0.1) is 10.1 Å². The normalized spacial score (nSPS) is 13.5. The zero-order valence-corrected chi connectivity index (χ0v) is 13.8. The molecule has 0 aliphatic heterocycles. The highest BCUT2D eigenvalue weighted by atomic mass is 31.2. The first-order valence-electron chi connectivity index (χ1n) is 6.27. The molecule has 14 heteroatoms. The third kappa shape index (κ3) is 9.06. The molecule has 0 aromatic heterocycles. The van der Waals surface area contributed by atoms with Crippen molar-refractivity contribution < 1.29 is 47.4 Å². The molecule has 4 N–H and O–H groups in total. The van der Waals surface area contributed by atoms with E-state index >= 15 is 0 Å². The second-order valence-corrected chi connectivity index (χ2v) is 6.82. The van der Waals surface area contributed by atoms with E-state index < -0.39 is 33.3 Å². The van der Waals surface area contributed by atoms with Crippen LogP contribution >= 0.6 is 15.6 Å². The maximum Gasteiger partial charge on any atom is 0.469 e. The van der Waals surface area contributed by atoms with Crippen LogP contribution in [0.3, 0.4) is 0 Å². The van der Waals surface area contributed by atoms with Crippen LogP contribution < -0.4 is 4.74 Å². The zero-order chi connectivity index (χ0) is 18.4. The van der Waals surface area contributed by atoms with Gasteiger partial charge in [0.25, 0.3) is 5.69 Å². The molecule has 24 heavy (non-hydrogen) atoms. The molecule has 1 atom stereocenters. The first-order valence-corrected chi connectivity index (χ1v) is 9.33. The average molecular weight is 387 g/mol. The highest BCUT2D eigenvalue weighted by molar-refractivity contribution is 7.46. The summed E-state index contributed by atoms with van der Waals surface area (Å²) in [5.41, 5.74) is -0.139. The van der Waals surface area contributed by atoms with Gasteiger partial charge in [0.1, 0.15) is 5.75 Å². The lowest BCUT2D eigenvalue weighted by Crippen LogP contribution is -2.21. The fourth-order valence-electron chi connectivity index (χ4n) is 1.51. The van der Waals surface area contributed by atoms with Crippen molar-refractivity contribution in [1.29, 1.82) is 0 Å². The fourth-order valence-corrected chi connectivity index (χ4v) is 2.43. The summed E-state index contributed by atoms with van der Waals surface area (Å²) in [6, 6.07) is 5.05. The number of phosphoric ester groups is 2. The van der Waals surface area contributed by atoms with Crippen molar-refractivity contribution in [2.75, 3.05) is 13.2 Å². The third-order valence-electron chi connectivity index (χ3n) is 2.47. The van der Waals surface area contributed by atoms with E-state index in [-0.39, 0.29) is 24.5 Å². The summed E-state index contributed by atoms with van der Waals surface area (Å²) in [5, 5.41) is 10.5. The molecule has 0 heterocycles. The monoisotopic (exact) mass is 387 g/mol. The zero-order valence-electron chi connectivity index (χ0n) is 12.0. The van der Waals surface area contributed by atoms with Gasteiger partial charge in [0.2, 0.25) is 0 Å². The van der Waals surface area contributed by atoms with Gasteiger partial charge in [-0.1, -0.05) is 0 Å². The van der Waals surface area contributed by atoms with Crippen LogP contribution in [-0.4, -0.2) is 43.8 Å². The van der Waals surface area contributed by atoms with Gasteiger partial charge in [0.15, 0.2) is 0 Å². The Morgan fingerprint density at radius 1 is 1.08 bits per heavy atom. The van der Waals surface area contributed by atoms with E-state index in [0.29, 0.717) is 0 Å². The predicted molar refractivity (Wildman–Crippen MR) is 78.1 cm³/mol. The summed E-state index contributed by atoms with van der Waals surface area (Å²) in [7, 11) is -9.72. The molecule has 0 aliphatic carbocycles. The lowest BCUT2D eigenvalue weighted by molar-refractivity contribution is -0.384. The van der Waals surface area contributed by atoms with Gasteiger partial charge in [-0.3, -0.25) is 19.2 Å². The largest absolute Gasteiger partial charge is 0.493 e. The van der Waals surface area contributed by atoms with Crippen molar-refractivity contribution in [3.05, 3.63) is 34.4 Å². The standard InChI is InChI=1S/C10H15NO11P2/c12-11(13)8-1-3-9(4-2-8)20-6-5-10(22-24(17,18)19)7-21-23(14,15)16/h1-4,10H,5-7H2,(H2,14,15,16)(H2,17,18,19). The van der Waals surface area contributed by atoms with Crippen molar-refractivity contribution in [3.63, 3.8) is 0 Å². The molecule has 0 saturated carbocycles. The summed E-state index contributed by atoms with van der Waals surface area (Å²) in [4.78, 5) is 44.6. The molecule has 0 saturated heterocycles. The van der Waals surface area contributed by atoms with Crippen molar-refractivity contribution in [2.45, 2.75) is 12.5 Å². The van der Waals surface area contributed by atoms with Crippen LogP contribution in [-0.2, 0) is 18.2 Å². The second-order valence-electron chi connectivity index (χ2n) is 4.39. The van der Waals surface area contributed by atoms with Gasteiger partial charge in [-0.25, -0.2) is 9.13 Å². The van der Waals surface area contributed by atoms with E-state index in [1.807, 2.05) is 0 Å². The van der Waals surface area contributed by atoms with Gasteiger partial charge >= 0.3 is 15.6 Å². The molecule has 1 aromatic carbocycles. The SMILES string of the molecule is O=[N+]([O-])c1ccc(OCCC(COP(=O)(O)O)OP(=O)(O)O)cc1. The van der Waals surface area contributed by atoms with Gasteiger partial charge in [0, 0.05) is 18.6 Å². The Hall–Kier alpha value is -1.36. The Morgan fingerprint density at radius 3 is 2.12 bits per heavy atom. The molecule has 0 radical (unpaired) electrons. The molecule has 136 valence electrons. The number of nitro groups is 1. The summed E-state index contributed by atoms with van der Waals surface area (Å²) in [6.45, 7) is -0.911. The Labute approximate surface area is 135 Å². The molecule has 0 aliphatic rings. The quantitative estimate of drug-likeness (QED) is 0.254. The number of nitro benzene ring substituents is 1. The van der Waals surface area contributed by atoms with Crippen LogP contribution in [0.1, 0.15) is 6.42 Å². The number of benzene rings is 1. The Bertz CT molecular complexity index is 637. The van der Waals surface area contributed by atoms with E-state index in [2.05, 4.69) is 9.05 Å². The maximum atomic E-state index is 10.8. The highest BCUT2D eigenvalue weighted by Crippen LogP contribution is 2.41. The van der Waals surface area contributed by atoms with Crippen molar-refractivity contribution in [1.82, 2.24) is 0 Å². The van der Waals surface area contributed by atoms with E-state index in [0.717, 1.165) is 0 Å². The molecular weight excluding hydrogens is 372 g/mol. The minimum absolute atomic E-state index is 0.139. The van der Waals surface area contributed by atoms with Crippen LogP contribution in [0.15, 0.2) is 24.3 Å². The fraction of sp³-hybridized carbons (Fsp3) is 0.400. The third-order valence-corrected chi connectivity index (χ3v) is 3.53. The van der Waals surface area contributed by atoms with E-state index in [4.69, 9.17) is 24.3 Å². The minimum atomic E-state index is -4.90. The van der Waals surface area contributed by atoms with Crippen molar-refractivity contribution in [3.8, 4) is 5.75 Å². The van der Waals surface area contributed by atoms with E-state index in [9.17, 15) is 19.2 Å². The lowest BCUT2D eigenvalue weighted by atomic mass is 10.3. The molecule has 0 fully saturated rings. The Balaban J connectivity index is 2.55. The van der Waals surface area contributed by atoms with Gasteiger partial charge in [-0.05, 0) is 12.1 Å². The molecule has 0 amide bonds. The molecule has 0 bridgehead atoms. The van der Waals surface area contributed by atoms with Crippen molar-refractivity contribution in [2.24, 2.45) is 0 Å². The predicted octanol–water partition coefficient (Wildman–Crippen LogP) is 0.951. The molecular formula is C10H15NO11P2. The summed E-state index contributed by atoms with van der Waals surface area (Å²) in [5.74, 6) is 0.256. The number of non-ortho nitro benzene ring substituents is 1. The first kappa shape index (κ1) is 20.7. The van der Waals surface area contributed by atoms with E-state index in [1.54, 1.807) is 0 Å². The number of ether oxygens (including phenoxy) is 1. The number of nitrogens with zero attached hydrogens (tertiary/aromatic N) is 1. The van der Waals surface area contributed by atoms with Gasteiger partial charge < -0.3 is 24.3 Å². The second kappa shape index (κ2) is 8.65. The molecule has 0 spiro atoms. The summed E-state index contributed by atoms with van der Waals surface area (Å²) >= 11 is 0. The van der Waals surface area contributed by atoms with Gasteiger partial charge in [-0.2, -0.15) is 0 Å². The van der Waals surface area contributed by atoms with E-state index in [1.165, 1.54) is 24.3 Å². The number of phosphoric acid groups is 2. The number of hydrogen-bond donors (Lipinski definition) is 4. The van der Waals surface area contributed by atoms with Gasteiger partial charge in [0.05, 0.1) is 24.2 Å². The average Bonchev–Trinajstić information content (AvgIpc) is 2.43. The first-order chi connectivity index (χ1) is 11.0. The maximum absolute atomic E-state index is 10.8. The lowest BCUT2D eigenvalue weighted by Gasteiger charge is -2.18. The minimum Gasteiger partial charge on any atom is -0.493 e. The van der Waals surface area contributed by atoms with Crippen molar-refractivity contribution >= 4 is 21.3 Å². The smallest absolute Gasteiger partial charge is 0.469 e. The highest BCUT2D eigenvalue weighted by Gasteiger charge is 2.25.